The summed E-state index contributed by atoms with van der Waals surface area (Å²) in [6.07, 6.45) is 1.54. The zero-order valence-corrected chi connectivity index (χ0v) is 7.99. The van der Waals surface area contributed by atoms with Crippen molar-refractivity contribution in [1.29, 1.82) is 0 Å². The summed E-state index contributed by atoms with van der Waals surface area (Å²) in [5.74, 6) is 0.462. The minimum Gasteiger partial charge on any atom is -0.423 e. The first-order valence-electron chi connectivity index (χ1n) is 4.11. The summed E-state index contributed by atoms with van der Waals surface area (Å²) in [4.78, 5) is 11.4. The van der Waals surface area contributed by atoms with Crippen LogP contribution in [-0.2, 0) is 0 Å². The van der Waals surface area contributed by atoms with E-state index in [1.165, 1.54) is 11.6 Å². The van der Waals surface area contributed by atoms with Gasteiger partial charge in [0, 0.05) is 5.54 Å². The minimum absolute atomic E-state index is 0.340. The lowest BCUT2D eigenvalue weighted by molar-refractivity contribution is 0.510. The van der Waals surface area contributed by atoms with Crippen LogP contribution in [0, 0.1) is 0 Å². The molecule has 0 amide bonds. The van der Waals surface area contributed by atoms with Crippen molar-refractivity contribution < 1.29 is 4.42 Å². The zero-order chi connectivity index (χ0) is 9.97. The van der Waals surface area contributed by atoms with Crippen LogP contribution in [0.25, 0.3) is 16.8 Å². The topological polar surface area (TPSA) is 30.2 Å². The van der Waals surface area contributed by atoms with Crippen LogP contribution < -0.4 is 5.63 Å². The van der Waals surface area contributed by atoms with Crippen LogP contribution >= 0.6 is 11.6 Å². The van der Waals surface area contributed by atoms with E-state index in [0.29, 0.717) is 11.1 Å². The maximum Gasteiger partial charge on any atom is 0.344 e. The molecule has 0 N–H and O–H groups in total. The normalized spacial score (nSPS) is 11.2. The van der Waals surface area contributed by atoms with Crippen LogP contribution in [-0.4, -0.2) is 0 Å². The number of rotatable bonds is 1. The van der Waals surface area contributed by atoms with Gasteiger partial charge < -0.3 is 4.42 Å². The van der Waals surface area contributed by atoms with Crippen LogP contribution in [0.2, 0.25) is 0 Å². The van der Waals surface area contributed by atoms with Gasteiger partial charge in [0.15, 0.2) is 0 Å². The van der Waals surface area contributed by atoms with Gasteiger partial charge in [-0.3, -0.25) is 0 Å². The van der Waals surface area contributed by atoms with Crippen molar-refractivity contribution >= 4 is 28.4 Å². The summed E-state index contributed by atoms with van der Waals surface area (Å²) in [7, 11) is 0. The molecule has 3 heteroatoms. The van der Waals surface area contributed by atoms with E-state index in [0.717, 1.165) is 5.39 Å². The second kappa shape index (κ2) is 3.68. The summed E-state index contributed by atoms with van der Waals surface area (Å²) >= 11 is 5.40. The molecule has 0 aliphatic rings. The van der Waals surface area contributed by atoms with E-state index in [2.05, 4.69) is 0 Å². The highest BCUT2D eigenvalue weighted by molar-refractivity contribution is 6.27. The second-order valence-electron chi connectivity index (χ2n) is 2.82. The molecule has 14 heavy (non-hydrogen) atoms. The Morgan fingerprint density at radius 3 is 2.86 bits per heavy atom. The van der Waals surface area contributed by atoms with Crippen molar-refractivity contribution in [2.75, 3.05) is 0 Å². The minimum atomic E-state index is -0.340. The molecule has 0 fully saturated rings. The summed E-state index contributed by atoms with van der Waals surface area (Å²) in [6, 6.07) is 9.04. The third-order valence-electron chi connectivity index (χ3n) is 1.92. The zero-order valence-electron chi connectivity index (χ0n) is 7.24. The molecule has 1 heterocycles. The van der Waals surface area contributed by atoms with Gasteiger partial charge >= 0.3 is 5.63 Å². The molecular weight excluding hydrogens is 200 g/mol. The largest absolute Gasteiger partial charge is 0.423 e. The SMILES string of the molecule is O=c1oc(/C=C\Cl)cc2ccccc12. The van der Waals surface area contributed by atoms with Gasteiger partial charge in [-0.25, -0.2) is 4.79 Å². The Morgan fingerprint density at radius 2 is 2.07 bits per heavy atom. The number of benzene rings is 1. The van der Waals surface area contributed by atoms with E-state index in [9.17, 15) is 4.79 Å². The second-order valence-corrected chi connectivity index (χ2v) is 3.07. The van der Waals surface area contributed by atoms with Crippen molar-refractivity contribution in [3.8, 4) is 0 Å². The Hall–Kier alpha value is -1.54. The van der Waals surface area contributed by atoms with Crippen molar-refractivity contribution in [2.45, 2.75) is 0 Å². The lowest BCUT2D eigenvalue weighted by Gasteiger charge is -1.96. The Morgan fingerprint density at radius 1 is 1.29 bits per heavy atom. The monoisotopic (exact) mass is 206 g/mol. The maximum atomic E-state index is 11.4. The van der Waals surface area contributed by atoms with E-state index >= 15 is 0 Å². The van der Waals surface area contributed by atoms with E-state index in [4.69, 9.17) is 16.0 Å². The van der Waals surface area contributed by atoms with Crippen molar-refractivity contribution in [3.63, 3.8) is 0 Å². The molecule has 0 aliphatic heterocycles. The lowest BCUT2D eigenvalue weighted by Crippen LogP contribution is -1.99. The van der Waals surface area contributed by atoms with Crippen LogP contribution in [0.15, 0.2) is 45.1 Å². The Kier molecular flexibility index (Phi) is 2.37. The van der Waals surface area contributed by atoms with E-state index in [1.54, 1.807) is 18.2 Å². The van der Waals surface area contributed by atoms with E-state index in [1.807, 2.05) is 12.1 Å². The quantitative estimate of drug-likeness (QED) is 0.718. The Balaban J connectivity index is 2.79. The van der Waals surface area contributed by atoms with Crippen LogP contribution in [0.5, 0.6) is 0 Å². The molecule has 0 atom stereocenters. The number of hydrogen-bond acceptors (Lipinski definition) is 2. The average Bonchev–Trinajstić information content (AvgIpc) is 2.18. The average molecular weight is 207 g/mol. The lowest BCUT2D eigenvalue weighted by atomic mass is 10.2. The molecule has 0 saturated carbocycles. The van der Waals surface area contributed by atoms with Gasteiger partial charge in [-0.15, -0.1) is 0 Å². The van der Waals surface area contributed by atoms with Gasteiger partial charge in [0.1, 0.15) is 5.76 Å². The molecule has 0 spiro atoms. The molecule has 2 aromatic rings. The highest BCUT2D eigenvalue weighted by Crippen LogP contribution is 2.12. The van der Waals surface area contributed by atoms with E-state index < -0.39 is 0 Å². The Bertz CT molecular complexity index is 540. The molecule has 0 saturated heterocycles. The summed E-state index contributed by atoms with van der Waals surface area (Å²) in [5.41, 5.74) is 0.973. The van der Waals surface area contributed by atoms with Gasteiger partial charge in [0.05, 0.1) is 5.39 Å². The fourth-order valence-corrected chi connectivity index (χ4v) is 1.42. The van der Waals surface area contributed by atoms with Gasteiger partial charge in [-0.1, -0.05) is 29.8 Å². The van der Waals surface area contributed by atoms with Crippen LogP contribution in [0.3, 0.4) is 0 Å². The van der Waals surface area contributed by atoms with Crippen LogP contribution in [0.4, 0.5) is 0 Å². The molecule has 2 rings (SSSR count). The molecular formula is C11H7ClO2. The first kappa shape index (κ1) is 9.03. The number of hydrogen-bond donors (Lipinski definition) is 0. The maximum absolute atomic E-state index is 11.4. The Labute approximate surface area is 85.4 Å². The molecule has 0 aliphatic carbocycles. The molecule has 0 unspecified atom stereocenters. The van der Waals surface area contributed by atoms with Gasteiger partial charge in [0.25, 0.3) is 0 Å². The number of fused-ring (bicyclic) bond motifs is 1. The fourth-order valence-electron chi connectivity index (χ4n) is 1.30. The van der Waals surface area contributed by atoms with E-state index in [-0.39, 0.29) is 5.63 Å². The van der Waals surface area contributed by atoms with Gasteiger partial charge in [-0.2, -0.15) is 0 Å². The smallest absolute Gasteiger partial charge is 0.344 e. The predicted octanol–water partition coefficient (Wildman–Crippen LogP) is 3.00. The van der Waals surface area contributed by atoms with Crippen molar-refractivity contribution in [2.24, 2.45) is 0 Å². The third-order valence-corrected chi connectivity index (χ3v) is 2.04. The highest BCUT2D eigenvalue weighted by atomic mass is 35.5. The summed E-state index contributed by atoms with van der Waals surface area (Å²) < 4.78 is 5.00. The van der Waals surface area contributed by atoms with Crippen LogP contribution in [0.1, 0.15) is 5.76 Å². The molecule has 0 bridgehead atoms. The van der Waals surface area contributed by atoms with Gasteiger partial charge in [-0.05, 0) is 23.6 Å². The first-order chi connectivity index (χ1) is 6.81. The molecule has 1 aromatic carbocycles. The van der Waals surface area contributed by atoms with Gasteiger partial charge in [0.2, 0.25) is 0 Å². The number of halogens is 1. The first-order valence-corrected chi connectivity index (χ1v) is 4.54. The molecule has 0 radical (unpaired) electrons. The van der Waals surface area contributed by atoms with Crippen molar-refractivity contribution in [1.82, 2.24) is 0 Å². The molecule has 70 valence electrons. The summed E-state index contributed by atoms with van der Waals surface area (Å²) in [5, 5.41) is 1.44. The standard InChI is InChI=1S/C11H7ClO2/c12-6-5-9-7-8-3-1-2-4-10(8)11(13)14-9/h1-7H/b6-5-. The molecule has 1 aromatic heterocycles. The van der Waals surface area contributed by atoms with Crippen molar-refractivity contribution in [3.05, 3.63) is 52.0 Å². The highest BCUT2D eigenvalue weighted by Gasteiger charge is 2.00. The predicted molar refractivity (Wildman–Crippen MR) is 57.4 cm³/mol. The fraction of sp³-hybridized carbons (Fsp3) is 0. The summed E-state index contributed by atoms with van der Waals surface area (Å²) in [6.45, 7) is 0. The third kappa shape index (κ3) is 1.56. The molecule has 2 nitrogen and oxygen atoms in total.